The summed E-state index contributed by atoms with van der Waals surface area (Å²) in [4.78, 5) is 5.23. The second-order valence-electron chi connectivity index (χ2n) is 9.37. The molecule has 0 radical (unpaired) electrons. The van der Waals surface area contributed by atoms with Crippen LogP contribution in [0.15, 0.2) is 54.6 Å². The molecule has 1 aromatic heterocycles. The Bertz CT molecular complexity index is 1170. The smallest absolute Gasteiger partial charge is 0.0753 e. The molecule has 0 aliphatic heterocycles. The maximum absolute atomic E-state index is 5.23. The van der Waals surface area contributed by atoms with E-state index in [-0.39, 0.29) is 10.8 Å². The summed E-state index contributed by atoms with van der Waals surface area (Å²) < 4.78 is 0. The third kappa shape index (κ3) is 2.00. The number of hydrogen-bond donors (Lipinski definition) is 0. The average molecular weight is 366 g/mol. The summed E-state index contributed by atoms with van der Waals surface area (Å²) in [5.41, 5.74) is 9.16. The van der Waals surface area contributed by atoms with Gasteiger partial charge in [0.15, 0.2) is 0 Å². The number of nitrogens with zero attached hydrogens (tertiary/aromatic N) is 1. The van der Waals surface area contributed by atoms with Crippen molar-refractivity contribution in [2.75, 3.05) is 0 Å². The first-order chi connectivity index (χ1) is 13.2. The van der Waals surface area contributed by atoms with Crippen LogP contribution in [0.4, 0.5) is 0 Å². The van der Waals surface area contributed by atoms with E-state index in [9.17, 15) is 0 Å². The van der Waals surface area contributed by atoms with Gasteiger partial charge in [0.25, 0.3) is 0 Å². The van der Waals surface area contributed by atoms with Crippen LogP contribution in [0.2, 0.25) is 0 Å². The minimum absolute atomic E-state index is 0.00164. The van der Waals surface area contributed by atoms with Gasteiger partial charge in [0, 0.05) is 16.4 Å². The molecule has 1 nitrogen and oxygen atoms in total. The molecule has 1 aliphatic carbocycles. The zero-order valence-corrected chi connectivity index (χ0v) is 17.6. The molecule has 0 fully saturated rings. The zero-order valence-electron chi connectivity index (χ0n) is 17.6. The summed E-state index contributed by atoms with van der Waals surface area (Å²) in [6.45, 7) is 14.2. The zero-order chi connectivity index (χ0) is 19.8. The molecule has 28 heavy (non-hydrogen) atoms. The molecule has 0 bridgehead atoms. The van der Waals surface area contributed by atoms with Gasteiger partial charge in [-0.15, -0.1) is 0 Å². The van der Waals surface area contributed by atoms with E-state index in [1.165, 1.54) is 49.7 Å². The monoisotopic (exact) mass is 365 g/mol. The topological polar surface area (TPSA) is 12.9 Å². The number of fused-ring (bicyclic) bond motifs is 5. The molecule has 140 valence electrons. The molecule has 0 saturated carbocycles. The molecule has 1 aliphatic rings. The highest BCUT2D eigenvalue weighted by Crippen LogP contribution is 2.56. The molecular weight excluding hydrogens is 338 g/mol. The van der Waals surface area contributed by atoms with Crippen LogP contribution in [0.25, 0.3) is 32.9 Å². The molecule has 0 spiro atoms. The Balaban J connectivity index is 2.03. The van der Waals surface area contributed by atoms with Crippen molar-refractivity contribution in [1.29, 1.82) is 0 Å². The summed E-state index contributed by atoms with van der Waals surface area (Å²) in [5.74, 6) is 0. The molecule has 0 amide bonds. The lowest BCUT2D eigenvalue weighted by molar-refractivity contribution is 0.296. The van der Waals surface area contributed by atoms with Gasteiger partial charge in [-0.25, -0.2) is 4.98 Å². The summed E-state index contributed by atoms with van der Waals surface area (Å²) in [5, 5.41) is 3.92. The van der Waals surface area contributed by atoms with Crippen molar-refractivity contribution in [1.82, 2.24) is 4.98 Å². The van der Waals surface area contributed by atoms with Crippen molar-refractivity contribution < 1.29 is 0 Å². The minimum atomic E-state index is -0.0241. The van der Waals surface area contributed by atoms with E-state index in [2.05, 4.69) is 96.1 Å². The predicted octanol–water partition coefficient (Wildman–Crippen LogP) is 7.24. The van der Waals surface area contributed by atoms with E-state index in [1.54, 1.807) is 0 Å². The Morgan fingerprint density at radius 1 is 0.679 bits per heavy atom. The third-order valence-corrected chi connectivity index (χ3v) is 7.53. The molecule has 1 heterocycles. The van der Waals surface area contributed by atoms with Crippen molar-refractivity contribution in [3.05, 3.63) is 76.9 Å². The van der Waals surface area contributed by atoms with Crippen molar-refractivity contribution in [2.24, 2.45) is 0 Å². The second-order valence-corrected chi connectivity index (χ2v) is 9.37. The summed E-state index contributed by atoms with van der Waals surface area (Å²) in [6.07, 6.45) is 0. The Labute approximate surface area is 167 Å². The fourth-order valence-electron chi connectivity index (χ4n) is 5.48. The Morgan fingerprint density at radius 2 is 1.25 bits per heavy atom. The van der Waals surface area contributed by atoms with Crippen molar-refractivity contribution >= 4 is 21.7 Å². The quantitative estimate of drug-likeness (QED) is 0.320. The first-order valence-electron chi connectivity index (χ1n) is 10.2. The highest BCUT2D eigenvalue weighted by molar-refractivity contribution is 5.96. The highest BCUT2D eigenvalue weighted by atomic mass is 14.7. The molecule has 0 unspecified atom stereocenters. The van der Waals surface area contributed by atoms with Crippen LogP contribution < -0.4 is 0 Å². The van der Waals surface area contributed by atoms with E-state index >= 15 is 0 Å². The molecule has 1 heteroatoms. The minimum Gasteiger partial charge on any atom is -0.247 e. The molecule has 5 rings (SSSR count). The maximum Gasteiger partial charge on any atom is 0.0753 e. The van der Waals surface area contributed by atoms with Gasteiger partial charge in [0.05, 0.1) is 11.2 Å². The van der Waals surface area contributed by atoms with Gasteiger partial charge in [-0.05, 0) is 64.4 Å². The van der Waals surface area contributed by atoms with Crippen molar-refractivity contribution in [3.8, 4) is 11.3 Å². The predicted molar refractivity (Wildman–Crippen MR) is 120 cm³/mol. The molecule has 0 N–H and O–H groups in total. The summed E-state index contributed by atoms with van der Waals surface area (Å²) in [7, 11) is 0. The molecular formula is C27H27N. The first kappa shape index (κ1) is 17.4. The standard InChI is InChI=1S/C27H27N/c1-16-19-12-8-7-11-18(19)15-21-23(16)26(3,4)27(5,6)24-17(2)20-13-9-10-14-22(20)28-25(21)24/h7-15H,1-6H3. The van der Waals surface area contributed by atoms with Crippen molar-refractivity contribution in [2.45, 2.75) is 52.4 Å². The Kier molecular flexibility index (Phi) is 3.39. The lowest BCUT2D eigenvalue weighted by Crippen LogP contribution is -2.45. The van der Waals surface area contributed by atoms with E-state index < -0.39 is 0 Å². The number of pyridine rings is 1. The van der Waals surface area contributed by atoms with Crippen LogP contribution in [-0.4, -0.2) is 4.98 Å². The normalized spacial score (nSPS) is 16.8. The average Bonchev–Trinajstić information content (AvgIpc) is 2.66. The lowest BCUT2D eigenvalue weighted by Gasteiger charge is -2.49. The third-order valence-electron chi connectivity index (χ3n) is 7.53. The summed E-state index contributed by atoms with van der Waals surface area (Å²) in [6, 6.07) is 19.7. The van der Waals surface area contributed by atoms with Crippen LogP contribution in [0, 0.1) is 13.8 Å². The van der Waals surface area contributed by atoms with Gasteiger partial charge in [0.1, 0.15) is 0 Å². The first-order valence-corrected chi connectivity index (χ1v) is 10.2. The van der Waals surface area contributed by atoms with Gasteiger partial charge in [-0.2, -0.15) is 0 Å². The van der Waals surface area contributed by atoms with Gasteiger partial charge in [0.2, 0.25) is 0 Å². The number of aryl methyl sites for hydroxylation is 2. The highest BCUT2D eigenvalue weighted by Gasteiger charge is 2.48. The largest absolute Gasteiger partial charge is 0.247 e. The van der Waals surface area contributed by atoms with Crippen molar-refractivity contribution in [3.63, 3.8) is 0 Å². The van der Waals surface area contributed by atoms with Crippen LogP contribution >= 0.6 is 0 Å². The lowest BCUT2D eigenvalue weighted by atomic mass is 9.54. The number of aromatic nitrogens is 1. The molecule has 0 saturated heterocycles. The SMILES string of the molecule is Cc1c2c(cc3ccccc13)-c1nc3ccccc3c(C)c1C(C)(C)C2(C)C. The van der Waals surface area contributed by atoms with Gasteiger partial charge < -0.3 is 0 Å². The van der Waals surface area contributed by atoms with E-state index in [1.807, 2.05) is 0 Å². The van der Waals surface area contributed by atoms with Crippen LogP contribution in [0.1, 0.15) is 49.9 Å². The molecule has 4 aromatic rings. The second kappa shape index (κ2) is 5.44. The van der Waals surface area contributed by atoms with Gasteiger partial charge >= 0.3 is 0 Å². The summed E-state index contributed by atoms with van der Waals surface area (Å²) >= 11 is 0. The van der Waals surface area contributed by atoms with E-state index in [0.717, 1.165) is 5.52 Å². The Hall–Kier alpha value is -2.67. The number of rotatable bonds is 0. The Morgan fingerprint density at radius 3 is 2.00 bits per heavy atom. The van der Waals surface area contributed by atoms with Crippen LogP contribution in [-0.2, 0) is 10.8 Å². The van der Waals surface area contributed by atoms with Gasteiger partial charge in [-0.3, -0.25) is 0 Å². The fraction of sp³-hybridized carbons (Fsp3) is 0.296. The number of benzene rings is 3. The van der Waals surface area contributed by atoms with Gasteiger partial charge in [-0.1, -0.05) is 70.2 Å². The fourth-order valence-corrected chi connectivity index (χ4v) is 5.48. The number of hydrogen-bond acceptors (Lipinski definition) is 1. The molecule has 3 aromatic carbocycles. The van der Waals surface area contributed by atoms with Crippen LogP contribution in [0.5, 0.6) is 0 Å². The van der Waals surface area contributed by atoms with Crippen LogP contribution in [0.3, 0.4) is 0 Å². The van der Waals surface area contributed by atoms with E-state index in [0.29, 0.717) is 0 Å². The maximum atomic E-state index is 5.23. The number of para-hydroxylation sites is 1. The molecule has 0 atom stereocenters. The van der Waals surface area contributed by atoms with E-state index in [4.69, 9.17) is 4.98 Å².